The number of amides is 2. The molecule has 0 N–H and O–H groups in total. The minimum Gasteiger partial charge on any atom is -0.347 e. The smallest absolute Gasteiger partial charge is 0.264 e. The van der Waals surface area contributed by atoms with Gasteiger partial charge in [-0.15, -0.1) is 11.3 Å². The molecule has 0 spiro atoms. The van der Waals surface area contributed by atoms with Crippen molar-refractivity contribution < 1.29 is 9.59 Å². The van der Waals surface area contributed by atoms with Gasteiger partial charge in [-0.2, -0.15) is 5.10 Å². The van der Waals surface area contributed by atoms with Crippen molar-refractivity contribution in [3.8, 4) is 5.69 Å². The Bertz CT molecular complexity index is 1070. The number of thiophene rings is 1. The quantitative estimate of drug-likeness (QED) is 0.653. The van der Waals surface area contributed by atoms with Crippen LogP contribution in [0.15, 0.2) is 30.3 Å². The summed E-state index contributed by atoms with van der Waals surface area (Å²) < 4.78 is 1.79. The lowest BCUT2D eigenvalue weighted by Crippen LogP contribution is -2.45. The van der Waals surface area contributed by atoms with Gasteiger partial charge in [0.05, 0.1) is 21.3 Å². The number of aromatic nitrogens is 2. The van der Waals surface area contributed by atoms with Crippen molar-refractivity contribution >= 4 is 45.0 Å². The van der Waals surface area contributed by atoms with Gasteiger partial charge in [-0.1, -0.05) is 23.7 Å². The standard InChI is InChI=1S/C20H21ClN4O2S/c1-12-13-11-17(19(27)24-10-6-9-16(24)18(26)23(2)3)28-20(13)25(22-12)15-8-5-4-7-14(15)21/h4-5,7-8,11,16H,6,9-10H2,1-3H3. The molecule has 28 heavy (non-hydrogen) atoms. The van der Waals surface area contributed by atoms with E-state index in [1.54, 1.807) is 28.6 Å². The normalized spacial score (nSPS) is 16.7. The van der Waals surface area contributed by atoms with Crippen molar-refractivity contribution in [3.05, 3.63) is 45.9 Å². The second kappa shape index (κ2) is 7.22. The van der Waals surface area contributed by atoms with E-state index >= 15 is 0 Å². The largest absolute Gasteiger partial charge is 0.347 e. The third-order valence-corrected chi connectivity index (χ3v) is 6.49. The van der Waals surface area contributed by atoms with Crippen LogP contribution >= 0.6 is 22.9 Å². The highest BCUT2D eigenvalue weighted by Gasteiger charge is 2.36. The first-order valence-corrected chi connectivity index (χ1v) is 10.3. The number of halogens is 1. The predicted molar refractivity (Wildman–Crippen MR) is 111 cm³/mol. The molecule has 8 heteroatoms. The van der Waals surface area contributed by atoms with Crippen LogP contribution in [0.5, 0.6) is 0 Å². The number of likely N-dealkylation sites (N-methyl/N-ethyl adjacent to an activating group) is 1. The van der Waals surface area contributed by atoms with Crippen molar-refractivity contribution in [1.82, 2.24) is 19.6 Å². The molecule has 1 aliphatic heterocycles. The van der Waals surface area contributed by atoms with Crippen LogP contribution in [-0.2, 0) is 4.79 Å². The molecule has 4 rings (SSSR count). The topological polar surface area (TPSA) is 58.4 Å². The molecule has 3 aromatic rings. The number of carbonyl (C=O) groups excluding carboxylic acids is 2. The third-order valence-electron chi connectivity index (χ3n) is 5.08. The minimum atomic E-state index is -0.381. The van der Waals surface area contributed by atoms with E-state index in [0.717, 1.165) is 28.0 Å². The lowest BCUT2D eigenvalue weighted by Gasteiger charge is -2.25. The molecule has 2 aromatic heterocycles. The fourth-order valence-electron chi connectivity index (χ4n) is 3.65. The summed E-state index contributed by atoms with van der Waals surface area (Å²) in [6, 6.07) is 9.01. The molecule has 1 aliphatic rings. The molecule has 1 saturated heterocycles. The van der Waals surface area contributed by atoms with Crippen LogP contribution in [0.1, 0.15) is 28.2 Å². The van der Waals surface area contributed by atoms with Crippen molar-refractivity contribution in [2.24, 2.45) is 0 Å². The van der Waals surface area contributed by atoms with Crippen molar-refractivity contribution in [1.29, 1.82) is 0 Å². The van der Waals surface area contributed by atoms with Crippen LogP contribution in [0.4, 0.5) is 0 Å². The lowest BCUT2D eigenvalue weighted by atomic mass is 10.2. The maximum Gasteiger partial charge on any atom is 0.264 e. The third kappa shape index (κ3) is 3.08. The van der Waals surface area contributed by atoms with Crippen LogP contribution in [0.3, 0.4) is 0 Å². The van der Waals surface area contributed by atoms with E-state index in [1.807, 2.05) is 37.3 Å². The van der Waals surface area contributed by atoms with E-state index in [1.165, 1.54) is 11.3 Å². The maximum absolute atomic E-state index is 13.2. The first kappa shape index (κ1) is 19.0. The van der Waals surface area contributed by atoms with E-state index < -0.39 is 0 Å². The zero-order valence-corrected chi connectivity index (χ0v) is 17.5. The number of carbonyl (C=O) groups is 2. The Kier molecular flexibility index (Phi) is 4.89. The highest BCUT2D eigenvalue weighted by atomic mass is 35.5. The number of rotatable bonds is 3. The number of benzene rings is 1. The zero-order valence-electron chi connectivity index (χ0n) is 16.0. The molecule has 0 bridgehead atoms. The summed E-state index contributed by atoms with van der Waals surface area (Å²) in [5.41, 5.74) is 1.62. The molecule has 0 radical (unpaired) electrons. The molecule has 2 amide bonds. The molecule has 146 valence electrons. The van der Waals surface area contributed by atoms with E-state index in [0.29, 0.717) is 22.9 Å². The molecular formula is C20H21ClN4O2S. The molecule has 1 aromatic carbocycles. The number of fused-ring (bicyclic) bond motifs is 1. The number of aryl methyl sites for hydroxylation is 1. The number of hydrogen-bond donors (Lipinski definition) is 0. The van der Waals surface area contributed by atoms with Crippen molar-refractivity contribution in [2.45, 2.75) is 25.8 Å². The van der Waals surface area contributed by atoms with Crippen LogP contribution in [0, 0.1) is 6.92 Å². The summed E-state index contributed by atoms with van der Waals surface area (Å²) in [5, 5.41) is 6.14. The van der Waals surface area contributed by atoms with Gasteiger partial charge >= 0.3 is 0 Å². The second-order valence-electron chi connectivity index (χ2n) is 7.17. The van der Waals surface area contributed by atoms with Gasteiger partial charge in [0.2, 0.25) is 5.91 Å². The molecule has 3 heterocycles. The average Bonchev–Trinajstić information content (AvgIpc) is 3.37. The predicted octanol–water partition coefficient (Wildman–Crippen LogP) is 3.74. The maximum atomic E-state index is 13.2. The van der Waals surface area contributed by atoms with Gasteiger partial charge in [0, 0.05) is 26.0 Å². The molecule has 0 aliphatic carbocycles. The molecular weight excluding hydrogens is 396 g/mol. The Labute approximate surface area is 172 Å². The van der Waals surface area contributed by atoms with Crippen molar-refractivity contribution in [3.63, 3.8) is 0 Å². The van der Waals surface area contributed by atoms with Gasteiger partial charge in [-0.25, -0.2) is 4.68 Å². The highest BCUT2D eigenvalue weighted by molar-refractivity contribution is 7.20. The first-order valence-electron chi connectivity index (χ1n) is 9.14. The SMILES string of the molecule is Cc1nn(-c2ccccc2Cl)c2sc(C(=O)N3CCCC3C(=O)N(C)C)cc12. The molecule has 1 atom stereocenters. The zero-order chi connectivity index (χ0) is 20.0. The van der Waals surface area contributed by atoms with Crippen LogP contribution in [-0.4, -0.2) is 58.1 Å². The second-order valence-corrected chi connectivity index (χ2v) is 8.61. The fraction of sp³-hybridized carbons (Fsp3) is 0.350. The van der Waals surface area contributed by atoms with E-state index in [9.17, 15) is 9.59 Å². The Hall–Kier alpha value is -2.38. The Balaban J connectivity index is 1.73. The van der Waals surface area contributed by atoms with Gasteiger partial charge < -0.3 is 9.80 Å². The summed E-state index contributed by atoms with van der Waals surface area (Å²) in [5.74, 6) is -0.116. The first-order chi connectivity index (χ1) is 13.4. The molecule has 0 saturated carbocycles. The van der Waals surface area contributed by atoms with E-state index in [4.69, 9.17) is 11.6 Å². The number of likely N-dealkylation sites (tertiary alicyclic amines) is 1. The summed E-state index contributed by atoms with van der Waals surface area (Å²) in [6.45, 7) is 2.53. The van der Waals surface area contributed by atoms with E-state index in [-0.39, 0.29) is 17.9 Å². The van der Waals surface area contributed by atoms with Crippen LogP contribution < -0.4 is 0 Å². The molecule has 1 fully saturated rings. The lowest BCUT2D eigenvalue weighted by molar-refractivity contribution is -0.132. The monoisotopic (exact) mass is 416 g/mol. The van der Waals surface area contributed by atoms with Crippen LogP contribution in [0.2, 0.25) is 5.02 Å². The number of para-hydroxylation sites is 1. The van der Waals surface area contributed by atoms with Gasteiger partial charge in [-0.3, -0.25) is 9.59 Å². The van der Waals surface area contributed by atoms with E-state index in [2.05, 4.69) is 5.10 Å². The Morgan fingerprint density at radius 1 is 1.29 bits per heavy atom. The highest BCUT2D eigenvalue weighted by Crippen LogP contribution is 2.34. The summed E-state index contributed by atoms with van der Waals surface area (Å²) in [7, 11) is 3.45. The van der Waals surface area contributed by atoms with Gasteiger partial charge in [0.1, 0.15) is 10.9 Å². The van der Waals surface area contributed by atoms with Crippen molar-refractivity contribution in [2.75, 3.05) is 20.6 Å². The summed E-state index contributed by atoms with van der Waals surface area (Å²) in [6.07, 6.45) is 1.55. The molecule has 6 nitrogen and oxygen atoms in total. The number of nitrogens with zero attached hydrogens (tertiary/aromatic N) is 4. The minimum absolute atomic E-state index is 0.0228. The fourth-order valence-corrected chi connectivity index (χ4v) is 4.99. The summed E-state index contributed by atoms with van der Waals surface area (Å²) >= 11 is 7.74. The van der Waals surface area contributed by atoms with Gasteiger partial charge in [-0.05, 0) is 38.0 Å². The molecule has 1 unspecified atom stereocenters. The average molecular weight is 417 g/mol. The van der Waals surface area contributed by atoms with Gasteiger partial charge in [0.15, 0.2) is 0 Å². The van der Waals surface area contributed by atoms with Gasteiger partial charge in [0.25, 0.3) is 5.91 Å². The Morgan fingerprint density at radius 2 is 2.04 bits per heavy atom. The Morgan fingerprint density at radius 3 is 2.75 bits per heavy atom. The number of hydrogen-bond acceptors (Lipinski definition) is 4. The summed E-state index contributed by atoms with van der Waals surface area (Å²) in [4.78, 5) is 30.4. The van der Waals surface area contributed by atoms with Crippen LogP contribution in [0.25, 0.3) is 15.9 Å².